The second-order valence-corrected chi connectivity index (χ2v) is 30.2. The highest BCUT2D eigenvalue weighted by Crippen LogP contribution is 2.36. The van der Waals surface area contributed by atoms with E-state index in [4.69, 9.17) is 29.4 Å². The summed E-state index contributed by atoms with van der Waals surface area (Å²) in [6, 6.07) is -11.3. The number of fused-ring (bicyclic) bond motifs is 13. The minimum absolute atomic E-state index is 0.00828. The highest BCUT2D eigenvalue weighted by molar-refractivity contribution is 6.08. The van der Waals surface area contributed by atoms with Crippen molar-refractivity contribution >= 4 is 70.7 Å². The van der Waals surface area contributed by atoms with Crippen LogP contribution < -0.4 is 53.6 Å². The van der Waals surface area contributed by atoms with Crippen molar-refractivity contribution in [3.05, 3.63) is 96.7 Å². The lowest BCUT2D eigenvalue weighted by molar-refractivity contribution is -0.175. The first kappa shape index (κ1) is 94.3. The Kier molecular flexibility index (Phi) is 38.8. The number of hydrogen-bond donors (Lipinski definition) is 18. The summed E-state index contributed by atoms with van der Waals surface area (Å²) in [5, 5.41) is 107. The number of nitrogens with two attached hydrogens (primary N) is 1. The number of unbranched alkanes of at least 4 members (excludes halogenated alkanes) is 1. The summed E-state index contributed by atoms with van der Waals surface area (Å²) >= 11 is 0. The van der Waals surface area contributed by atoms with Gasteiger partial charge in [0.25, 0.3) is 11.8 Å². The van der Waals surface area contributed by atoms with Crippen molar-refractivity contribution in [3.8, 4) is 0 Å². The maximum Gasteiger partial charge on any atom is 0.331 e. The number of carbonyl (C=O) groups excluding carboxylic acids is 12. The predicted octanol–water partition coefficient (Wildman–Crippen LogP) is -3.01. The largest absolute Gasteiger partial charge is 0.452 e. The van der Waals surface area contributed by atoms with Gasteiger partial charge in [-0.25, -0.2) is 4.79 Å². The van der Waals surface area contributed by atoms with Gasteiger partial charge in [0.15, 0.2) is 29.8 Å². The molecule has 7 rings (SSSR count). The number of nitrogens with one attached hydrogen (secondary N) is 9. The summed E-state index contributed by atoms with van der Waals surface area (Å²) in [6.45, 7) is 9.25. The third-order valence-corrected chi connectivity index (χ3v) is 20.6. The quantitative estimate of drug-likeness (QED) is 0.0236. The van der Waals surface area contributed by atoms with Crippen LogP contribution in [0.1, 0.15) is 132 Å². The van der Waals surface area contributed by atoms with E-state index in [1.165, 1.54) is 26.8 Å². The molecule has 114 heavy (non-hydrogen) atoms. The number of primary amides is 1. The maximum atomic E-state index is 14.1. The van der Waals surface area contributed by atoms with E-state index in [1.807, 2.05) is 80.0 Å². The second-order valence-electron chi connectivity index (χ2n) is 30.2. The molecule has 16 unspecified atom stereocenters. The summed E-state index contributed by atoms with van der Waals surface area (Å²) in [6.07, 6.45) is 16.5. The van der Waals surface area contributed by atoms with E-state index in [0.29, 0.717) is 51.4 Å². The molecular formula is C79H118N10O25. The lowest BCUT2D eigenvalue weighted by atomic mass is 9.86. The van der Waals surface area contributed by atoms with Gasteiger partial charge in [-0.2, -0.15) is 0 Å². The lowest BCUT2D eigenvalue weighted by Gasteiger charge is -2.40. The number of carbonyl (C=O) groups is 12. The molecule has 0 radical (unpaired) electrons. The summed E-state index contributed by atoms with van der Waals surface area (Å²) in [5.74, 6) is -15.9. The number of esters is 1. The molecule has 35 nitrogen and oxygen atoms in total. The summed E-state index contributed by atoms with van der Waals surface area (Å²) in [5.41, 5.74) is 5.99. The fourth-order valence-electron chi connectivity index (χ4n) is 13.7. The summed E-state index contributed by atoms with van der Waals surface area (Å²) < 4.78 is 31.6. The Morgan fingerprint density at radius 2 is 1.36 bits per heavy atom. The standard InChI is InChI=1S/C79H118N10O25/c1-41(2)51-36-56(95)53(40-90)86-75(105)52(85-78(108)66(47(8)92)87-76(106)57(96)39-84-77(107)65(46(7)91)88-79(109)67(89-74(51)104)69(100)70(101)72(80)102)38-83-73(103)45(6)81-31-32-82-63(97)27-19-18-21-42(3)33-43(4)71-60-30-29-48(112-71)22-14-10-9-11-15-24-54(93)68(99)62-37-55(94)44(5)58(113-62)26-20-23-49-34-50-35-61(110-49)59(111-50)25-16-12-13-17-28-64(98)114-60/h10,12-17,20,23-25,28-30,33,41-42,44-46,48-55,57-62,65-71,81,90-91,93-94,96,99-101H,9,11,18-19,21-22,26-27,31-32,34-40H2,1-8H3,(H2,80,102)(H,82,97)(H,83,103)(H,84,107)(H,85,108)(H,86,105)(H,87,106)(H,88,109)(H,89,104)/b13-12-,14-10+,23-20+,24-15+,25-16+,28-17-,43-33+/t42-,44-,45?,46?,48?,49+,50?,51?,52?,53?,54+,55+,57?,58-,59-,60?,61?,62-,65?,66?,67?,68+,69?,70?,71?/m1/s1. The number of ketones is 2. The van der Waals surface area contributed by atoms with Gasteiger partial charge in [-0.1, -0.05) is 113 Å². The fraction of sp³-hybridized carbons (Fsp3) is 0.646. The first-order valence-corrected chi connectivity index (χ1v) is 39.0. The molecule has 634 valence electrons. The molecule has 0 aromatic rings. The average Bonchev–Trinajstić information content (AvgIpc) is 1.62. The van der Waals surface area contributed by atoms with Crippen LogP contribution in [-0.4, -0.2) is 278 Å². The van der Waals surface area contributed by atoms with Gasteiger partial charge in [0.05, 0.1) is 68.0 Å². The van der Waals surface area contributed by atoms with Gasteiger partial charge in [-0.05, 0) is 89.7 Å². The van der Waals surface area contributed by atoms with Crippen LogP contribution in [0.25, 0.3) is 0 Å². The van der Waals surface area contributed by atoms with Gasteiger partial charge in [-0.15, -0.1) is 0 Å². The molecule has 9 amide bonds. The van der Waals surface area contributed by atoms with Crippen molar-refractivity contribution in [1.82, 2.24) is 47.9 Å². The molecule has 7 heterocycles. The molecule has 25 atom stereocenters. The molecule has 0 saturated carbocycles. The molecule has 4 saturated heterocycles. The monoisotopic (exact) mass is 1610 g/mol. The minimum atomic E-state index is -2.53. The van der Waals surface area contributed by atoms with Gasteiger partial charge in [0, 0.05) is 69.7 Å². The number of aliphatic hydroxyl groups is 8. The Bertz CT molecular complexity index is 3540. The Morgan fingerprint density at radius 1 is 0.649 bits per heavy atom. The normalized spacial score (nSPS) is 34.3. The molecule has 0 aromatic carbocycles. The molecule has 7 aliphatic heterocycles. The van der Waals surface area contributed by atoms with Crippen molar-refractivity contribution < 1.29 is 122 Å². The topological polar surface area (TPSA) is 547 Å². The van der Waals surface area contributed by atoms with Crippen LogP contribution in [0.3, 0.4) is 0 Å². The van der Waals surface area contributed by atoms with Crippen molar-refractivity contribution in [2.24, 2.45) is 29.4 Å². The van der Waals surface area contributed by atoms with E-state index >= 15 is 0 Å². The number of hydrogen-bond acceptors (Lipinski definition) is 26. The fourth-order valence-corrected chi connectivity index (χ4v) is 13.7. The molecule has 0 aromatic heterocycles. The molecule has 19 N–H and O–H groups in total. The SMILES string of the molecule is CC(=O)C1NC(=O)C(O)CNC(=O)C(C(C)O)NC(=O)C(C(O)C(O)C(N)=O)NC(=O)C(C(C)C)CC(=O)C(CO)NC(=O)C(CNC(=O)C(C)NCCNC(=O)CCCC[C@@H](C)/C=C(\C)C2OC3C=CC2OC(=O)\C=C/C=C\C=C\[C@H]2OC4CC2O[C@@H](/C=C/C[C@H]2O[C@H](C[C@H](O)[C@H]2C)[C@@H](O)[C@@H](O)/C=C/CC/C=C/C3)C4)NC1=O. The van der Waals surface area contributed by atoms with Crippen molar-refractivity contribution in [3.63, 3.8) is 0 Å². The smallest absolute Gasteiger partial charge is 0.331 e. The van der Waals surface area contributed by atoms with Crippen molar-refractivity contribution in [2.45, 2.75) is 266 Å². The highest BCUT2D eigenvalue weighted by Gasteiger charge is 2.45. The number of amides is 9. The van der Waals surface area contributed by atoms with E-state index in [2.05, 4.69) is 43.3 Å². The zero-order valence-corrected chi connectivity index (χ0v) is 65.8. The van der Waals surface area contributed by atoms with E-state index in [9.17, 15) is 98.4 Å². The van der Waals surface area contributed by atoms with Crippen molar-refractivity contribution in [2.75, 3.05) is 32.8 Å². The predicted molar refractivity (Wildman–Crippen MR) is 410 cm³/mol. The maximum absolute atomic E-state index is 14.1. The Balaban J connectivity index is 1.03. The van der Waals surface area contributed by atoms with Gasteiger partial charge >= 0.3 is 5.97 Å². The third kappa shape index (κ3) is 29.6. The van der Waals surface area contributed by atoms with E-state index in [0.717, 1.165) is 25.8 Å². The first-order valence-electron chi connectivity index (χ1n) is 39.0. The highest BCUT2D eigenvalue weighted by atomic mass is 16.6. The molecule has 35 heteroatoms. The average molecular weight is 1610 g/mol. The zero-order chi connectivity index (χ0) is 84.0. The van der Waals surface area contributed by atoms with Crippen LogP contribution in [0.15, 0.2) is 96.7 Å². The minimum Gasteiger partial charge on any atom is -0.452 e. The lowest BCUT2D eigenvalue weighted by Crippen LogP contribution is -2.64. The number of ether oxygens (including phenoxy) is 5. The zero-order valence-electron chi connectivity index (χ0n) is 65.8. The third-order valence-electron chi connectivity index (χ3n) is 20.6. The number of aliphatic hydroxyl groups excluding tert-OH is 8. The van der Waals surface area contributed by atoms with E-state index in [1.54, 1.807) is 30.4 Å². The van der Waals surface area contributed by atoms with Gasteiger partial charge in [-0.3, -0.25) is 52.7 Å². The molecule has 0 spiro atoms. The number of rotatable bonds is 21. The Morgan fingerprint density at radius 3 is 2.06 bits per heavy atom. The van der Waals surface area contributed by atoms with Crippen LogP contribution >= 0.6 is 0 Å². The Hall–Kier alpha value is -8.56. The van der Waals surface area contributed by atoms with Gasteiger partial charge in [0.2, 0.25) is 41.4 Å². The van der Waals surface area contributed by atoms with Crippen LogP contribution in [0.2, 0.25) is 0 Å². The van der Waals surface area contributed by atoms with Crippen LogP contribution in [0, 0.1) is 23.7 Å². The van der Waals surface area contributed by atoms with Crippen LogP contribution in [-0.2, 0) is 81.2 Å². The molecule has 0 aliphatic carbocycles. The van der Waals surface area contributed by atoms with Gasteiger partial charge in [0.1, 0.15) is 60.8 Å². The molecule has 7 bridgehead atoms. The molecule has 7 aliphatic rings. The Labute approximate surface area is 663 Å². The van der Waals surface area contributed by atoms with E-state index < -0.39 is 200 Å². The van der Waals surface area contributed by atoms with Crippen molar-refractivity contribution in [1.29, 1.82) is 0 Å². The van der Waals surface area contributed by atoms with E-state index in [-0.39, 0.29) is 80.3 Å². The number of Topliss-reactive ketones (excluding diaryl/α,β-unsaturated/α-hetero) is 2. The van der Waals surface area contributed by atoms with Crippen LogP contribution in [0.4, 0.5) is 0 Å². The summed E-state index contributed by atoms with van der Waals surface area (Å²) in [4.78, 5) is 161. The summed E-state index contributed by atoms with van der Waals surface area (Å²) in [7, 11) is 0. The van der Waals surface area contributed by atoms with Gasteiger partial charge < -0.3 is 118 Å². The molecule has 4 fully saturated rings. The first-order chi connectivity index (χ1) is 54.1. The molecular weight excluding hydrogens is 1490 g/mol. The number of allylic oxidation sites excluding steroid dienone is 7. The number of β-amino-alcohol motifs (C(OH)–C–C–N with tert-alkyl or cyclic N) is 1. The second kappa shape index (κ2) is 46.9. The van der Waals surface area contributed by atoms with Crippen LogP contribution in [0.5, 0.6) is 0 Å².